The molecule has 1 unspecified atom stereocenters. The number of carbonyl (C=O) groups is 1. The van der Waals surface area contributed by atoms with Crippen molar-refractivity contribution in [3.63, 3.8) is 0 Å². The van der Waals surface area contributed by atoms with Crippen LogP contribution >= 0.6 is 0 Å². The summed E-state index contributed by atoms with van der Waals surface area (Å²) in [6.07, 6.45) is 2.63. The lowest BCUT2D eigenvalue weighted by atomic mass is 10.1. The van der Waals surface area contributed by atoms with Gasteiger partial charge in [-0.05, 0) is 30.4 Å². The summed E-state index contributed by atoms with van der Waals surface area (Å²) in [6.45, 7) is 3.66. The van der Waals surface area contributed by atoms with E-state index in [1.54, 1.807) is 18.2 Å². The van der Waals surface area contributed by atoms with E-state index in [4.69, 9.17) is 9.57 Å². The van der Waals surface area contributed by atoms with Crippen LogP contribution in [0, 0.1) is 5.82 Å². The van der Waals surface area contributed by atoms with Gasteiger partial charge in [0, 0.05) is 5.56 Å². The van der Waals surface area contributed by atoms with E-state index in [1.807, 2.05) is 0 Å². The number of ether oxygens (including phenoxy) is 1. The zero-order chi connectivity index (χ0) is 14.5. The van der Waals surface area contributed by atoms with E-state index in [-0.39, 0.29) is 17.8 Å². The normalized spacial score (nSPS) is 17.1. The number of hydrogen-bond acceptors (Lipinski definition) is 4. The second-order valence-corrected chi connectivity index (χ2v) is 4.14. The molecule has 0 aromatic heterocycles. The Hall–Kier alpha value is -2.34. The molecule has 1 heterocycles. The maximum absolute atomic E-state index is 13.6. The maximum atomic E-state index is 13.6. The van der Waals surface area contributed by atoms with Crippen molar-refractivity contribution in [1.29, 1.82) is 0 Å². The van der Waals surface area contributed by atoms with E-state index in [0.29, 0.717) is 17.8 Å². The van der Waals surface area contributed by atoms with Crippen LogP contribution in [-0.4, -0.2) is 25.7 Å². The summed E-state index contributed by atoms with van der Waals surface area (Å²) in [7, 11) is 1.41. The highest BCUT2D eigenvalue weighted by Crippen LogP contribution is 2.23. The molecule has 0 bridgehead atoms. The van der Waals surface area contributed by atoms with Crippen LogP contribution in [0.25, 0.3) is 5.70 Å². The number of methoxy groups -OCH3 is 1. The molecule has 1 aromatic rings. The number of nitrogens with one attached hydrogen (secondary N) is 2. The number of rotatable bonds is 5. The van der Waals surface area contributed by atoms with Gasteiger partial charge >= 0.3 is 0 Å². The number of benzene rings is 1. The summed E-state index contributed by atoms with van der Waals surface area (Å²) < 4.78 is 18.5. The zero-order valence-electron chi connectivity index (χ0n) is 11.0. The van der Waals surface area contributed by atoms with Gasteiger partial charge in [0.05, 0.1) is 19.4 Å². The van der Waals surface area contributed by atoms with Gasteiger partial charge in [-0.3, -0.25) is 15.1 Å². The van der Waals surface area contributed by atoms with E-state index >= 15 is 0 Å². The summed E-state index contributed by atoms with van der Waals surface area (Å²) in [6, 6.07) is 4.61. The minimum atomic E-state index is -0.448. The summed E-state index contributed by atoms with van der Waals surface area (Å²) in [4.78, 5) is 16.3. The molecule has 2 rings (SSSR count). The minimum absolute atomic E-state index is 0.183. The molecule has 0 aliphatic carbocycles. The second kappa shape index (κ2) is 6.21. The van der Waals surface area contributed by atoms with Crippen LogP contribution in [0.2, 0.25) is 0 Å². The highest BCUT2D eigenvalue weighted by Gasteiger charge is 2.18. The van der Waals surface area contributed by atoms with Crippen LogP contribution in [0.15, 0.2) is 36.9 Å². The maximum Gasteiger partial charge on any atom is 0.243 e. The lowest BCUT2D eigenvalue weighted by Crippen LogP contribution is -2.31. The van der Waals surface area contributed by atoms with Gasteiger partial charge in [-0.25, -0.2) is 4.39 Å². The first-order chi connectivity index (χ1) is 9.63. The van der Waals surface area contributed by atoms with Crippen LogP contribution in [0.5, 0.6) is 5.75 Å². The molecule has 0 radical (unpaired) electrons. The summed E-state index contributed by atoms with van der Waals surface area (Å²) in [5, 5.41) is 2.62. The Balaban J connectivity index is 2.04. The van der Waals surface area contributed by atoms with Crippen LogP contribution in [0.3, 0.4) is 0 Å². The molecule has 0 saturated carbocycles. The van der Waals surface area contributed by atoms with E-state index in [9.17, 15) is 9.18 Å². The lowest BCUT2D eigenvalue weighted by molar-refractivity contribution is -0.117. The van der Waals surface area contributed by atoms with Gasteiger partial charge in [0.15, 0.2) is 11.6 Å². The fourth-order valence-corrected chi connectivity index (χ4v) is 1.76. The molecule has 0 saturated heterocycles. The summed E-state index contributed by atoms with van der Waals surface area (Å²) in [5.41, 5.74) is 3.99. The molecule has 1 aromatic carbocycles. The standard InChI is InChI=1S/C14H15FN2O3/c1-3-14(18)16-8-10-7-12(17-20-10)9-4-5-13(19-2)11(15)6-9/h3-7,10,17H,1,8H2,2H3,(H,16,18). The van der Waals surface area contributed by atoms with E-state index in [1.165, 1.54) is 19.3 Å². The molecule has 106 valence electrons. The molecule has 2 N–H and O–H groups in total. The Morgan fingerprint density at radius 2 is 2.45 bits per heavy atom. The van der Waals surface area contributed by atoms with Crippen molar-refractivity contribution in [2.75, 3.05) is 13.7 Å². The number of hydrogen-bond donors (Lipinski definition) is 2. The molecule has 0 spiro atoms. The fourth-order valence-electron chi connectivity index (χ4n) is 1.76. The van der Waals surface area contributed by atoms with Gasteiger partial charge in [-0.15, -0.1) is 0 Å². The average molecular weight is 278 g/mol. The highest BCUT2D eigenvalue weighted by molar-refractivity contribution is 5.86. The largest absolute Gasteiger partial charge is 0.494 e. The lowest BCUT2D eigenvalue weighted by Gasteiger charge is -2.07. The van der Waals surface area contributed by atoms with Gasteiger partial charge in [0.1, 0.15) is 6.10 Å². The molecule has 1 amide bonds. The average Bonchev–Trinajstić information content (AvgIpc) is 2.93. The Morgan fingerprint density at radius 3 is 3.10 bits per heavy atom. The molecule has 6 heteroatoms. The molecule has 1 aliphatic heterocycles. The van der Waals surface area contributed by atoms with Gasteiger partial charge in [0.25, 0.3) is 0 Å². The van der Waals surface area contributed by atoms with Crippen LogP contribution in [0.1, 0.15) is 5.56 Å². The van der Waals surface area contributed by atoms with Crippen molar-refractivity contribution in [1.82, 2.24) is 10.8 Å². The van der Waals surface area contributed by atoms with Crippen LogP contribution in [-0.2, 0) is 9.63 Å². The quantitative estimate of drug-likeness (QED) is 0.799. The van der Waals surface area contributed by atoms with E-state index < -0.39 is 5.82 Å². The Bertz CT molecular complexity index is 557. The van der Waals surface area contributed by atoms with Gasteiger partial charge < -0.3 is 10.1 Å². The van der Waals surface area contributed by atoms with Crippen LogP contribution < -0.4 is 15.5 Å². The van der Waals surface area contributed by atoms with Crippen molar-refractivity contribution in [3.05, 3.63) is 48.3 Å². The third-order valence-corrected chi connectivity index (χ3v) is 2.80. The van der Waals surface area contributed by atoms with Gasteiger partial charge in [-0.1, -0.05) is 6.58 Å². The van der Waals surface area contributed by atoms with Crippen molar-refractivity contribution in [2.24, 2.45) is 0 Å². The number of amides is 1. The Kier molecular flexibility index (Phi) is 4.37. The molecule has 1 atom stereocenters. The van der Waals surface area contributed by atoms with E-state index in [0.717, 1.165) is 0 Å². The predicted molar refractivity (Wildman–Crippen MR) is 72.1 cm³/mol. The third-order valence-electron chi connectivity index (χ3n) is 2.80. The molecule has 1 aliphatic rings. The molecular formula is C14H15FN2O3. The number of halogens is 1. The Labute approximate surface area is 116 Å². The topological polar surface area (TPSA) is 59.6 Å². The van der Waals surface area contributed by atoms with Crippen molar-refractivity contribution in [3.8, 4) is 5.75 Å². The molecule has 0 fully saturated rings. The smallest absolute Gasteiger partial charge is 0.243 e. The summed E-state index contributed by atoms with van der Waals surface area (Å²) in [5.74, 6) is -0.537. The second-order valence-electron chi connectivity index (χ2n) is 4.14. The van der Waals surface area contributed by atoms with Crippen molar-refractivity contribution < 1.29 is 18.8 Å². The Morgan fingerprint density at radius 1 is 1.65 bits per heavy atom. The van der Waals surface area contributed by atoms with Gasteiger partial charge in [0.2, 0.25) is 5.91 Å². The molecule has 5 nitrogen and oxygen atoms in total. The monoisotopic (exact) mass is 278 g/mol. The minimum Gasteiger partial charge on any atom is -0.494 e. The highest BCUT2D eigenvalue weighted by atomic mass is 19.1. The van der Waals surface area contributed by atoms with Crippen molar-refractivity contribution in [2.45, 2.75) is 6.10 Å². The van der Waals surface area contributed by atoms with Gasteiger partial charge in [-0.2, -0.15) is 0 Å². The van der Waals surface area contributed by atoms with Crippen LogP contribution in [0.4, 0.5) is 4.39 Å². The molecular weight excluding hydrogens is 263 g/mol. The van der Waals surface area contributed by atoms with E-state index in [2.05, 4.69) is 17.4 Å². The first-order valence-corrected chi connectivity index (χ1v) is 6.01. The third kappa shape index (κ3) is 3.16. The SMILES string of the molecule is C=CC(=O)NCC1C=C(c2ccc(OC)c(F)c2)NO1. The summed E-state index contributed by atoms with van der Waals surface area (Å²) >= 11 is 0. The first kappa shape index (κ1) is 14.1. The zero-order valence-corrected chi connectivity index (χ0v) is 11.0. The first-order valence-electron chi connectivity index (χ1n) is 6.01. The van der Waals surface area contributed by atoms with Crippen molar-refractivity contribution >= 4 is 11.6 Å². The number of carbonyl (C=O) groups excluding carboxylic acids is 1. The molecule has 20 heavy (non-hydrogen) atoms. The number of hydroxylamine groups is 1. The fraction of sp³-hybridized carbons (Fsp3) is 0.214. The predicted octanol–water partition coefficient (Wildman–Crippen LogP) is 1.38.